The van der Waals surface area contributed by atoms with Gasteiger partial charge in [-0.2, -0.15) is 0 Å². The molecular formula is C8H7ClN2OS. The zero-order valence-electron chi connectivity index (χ0n) is 6.66. The fourth-order valence-electron chi connectivity index (χ4n) is 0.971. The van der Waals surface area contributed by atoms with Gasteiger partial charge in [0, 0.05) is 12.6 Å². The van der Waals surface area contributed by atoms with Crippen LogP contribution in [0.25, 0.3) is 10.6 Å². The van der Waals surface area contributed by atoms with Crippen molar-refractivity contribution >= 4 is 22.9 Å². The van der Waals surface area contributed by atoms with Gasteiger partial charge in [-0.3, -0.25) is 0 Å². The smallest absolute Gasteiger partial charge is 0.177 e. The number of nitrogens with zero attached hydrogens (tertiary/aromatic N) is 1. The summed E-state index contributed by atoms with van der Waals surface area (Å²) in [7, 11) is 0. The van der Waals surface area contributed by atoms with Crippen molar-refractivity contribution in [1.82, 2.24) is 5.16 Å². The first-order valence-electron chi connectivity index (χ1n) is 3.71. The summed E-state index contributed by atoms with van der Waals surface area (Å²) in [6.45, 7) is 0.391. The van der Waals surface area contributed by atoms with E-state index in [1.807, 2.05) is 18.2 Å². The minimum absolute atomic E-state index is 0.391. The van der Waals surface area contributed by atoms with Gasteiger partial charge in [-0.15, -0.1) is 11.3 Å². The molecule has 5 heteroatoms. The maximum Gasteiger partial charge on any atom is 0.177 e. The van der Waals surface area contributed by atoms with E-state index in [2.05, 4.69) is 5.16 Å². The third-order valence-electron chi connectivity index (χ3n) is 1.58. The standard InChI is InChI=1S/C8H7ClN2OS/c9-8-2-1-7(13-8)6-3-5(4-10)11-12-6/h1-3H,4,10H2. The fraction of sp³-hybridized carbons (Fsp3) is 0.125. The minimum atomic E-state index is 0.391. The van der Waals surface area contributed by atoms with Crippen LogP contribution < -0.4 is 5.73 Å². The molecule has 0 radical (unpaired) electrons. The number of thiophene rings is 1. The van der Waals surface area contributed by atoms with Crippen LogP contribution in [0.1, 0.15) is 5.69 Å². The van der Waals surface area contributed by atoms with E-state index in [1.165, 1.54) is 11.3 Å². The molecule has 0 saturated carbocycles. The van der Waals surface area contributed by atoms with Crippen LogP contribution in [0.15, 0.2) is 22.7 Å². The van der Waals surface area contributed by atoms with Gasteiger partial charge < -0.3 is 10.3 Å². The molecule has 2 rings (SSSR count). The Balaban J connectivity index is 2.35. The highest BCUT2D eigenvalue weighted by Crippen LogP contribution is 2.31. The number of halogens is 1. The summed E-state index contributed by atoms with van der Waals surface area (Å²) < 4.78 is 5.81. The second-order valence-corrected chi connectivity index (χ2v) is 4.21. The molecule has 2 N–H and O–H groups in total. The Hall–Kier alpha value is -0.840. The highest BCUT2D eigenvalue weighted by molar-refractivity contribution is 7.19. The summed E-state index contributed by atoms with van der Waals surface area (Å²) in [5.41, 5.74) is 6.15. The van der Waals surface area contributed by atoms with Crippen LogP contribution >= 0.6 is 22.9 Å². The molecule has 2 aromatic heterocycles. The Kier molecular flexibility index (Phi) is 2.35. The molecule has 0 aliphatic rings. The first kappa shape index (κ1) is 8.74. The van der Waals surface area contributed by atoms with Crippen molar-refractivity contribution in [2.75, 3.05) is 0 Å². The average molecular weight is 215 g/mol. The van der Waals surface area contributed by atoms with Crippen molar-refractivity contribution in [2.24, 2.45) is 5.73 Å². The molecule has 13 heavy (non-hydrogen) atoms. The summed E-state index contributed by atoms with van der Waals surface area (Å²) >= 11 is 7.24. The van der Waals surface area contributed by atoms with E-state index >= 15 is 0 Å². The Labute approximate surface area is 84.1 Å². The number of hydrogen-bond donors (Lipinski definition) is 1. The molecule has 0 aliphatic carbocycles. The predicted molar refractivity (Wildman–Crippen MR) is 52.7 cm³/mol. The van der Waals surface area contributed by atoms with Crippen LogP contribution in [0.4, 0.5) is 0 Å². The Bertz CT molecular complexity index is 410. The van der Waals surface area contributed by atoms with Crippen LogP contribution in [0.2, 0.25) is 4.34 Å². The third-order valence-corrected chi connectivity index (χ3v) is 2.83. The van der Waals surface area contributed by atoms with Crippen LogP contribution in [0, 0.1) is 0 Å². The Morgan fingerprint density at radius 2 is 2.38 bits per heavy atom. The van der Waals surface area contributed by atoms with Gasteiger partial charge in [0.25, 0.3) is 0 Å². The second kappa shape index (κ2) is 3.49. The molecule has 0 aliphatic heterocycles. The summed E-state index contributed by atoms with van der Waals surface area (Å²) in [4.78, 5) is 0.970. The lowest BCUT2D eigenvalue weighted by molar-refractivity contribution is 0.424. The normalized spacial score (nSPS) is 10.6. The van der Waals surface area contributed by atoms with Gasteiger partial charge in [0.15, 0.2) is 5.76 Å². The third kappa shape index (κ3) is 1.75. The van der Waals surface area contributed by atoms with Crippen LogP contribution in [0.5, 0.6) is 0 Å². The molecule has 0 spiro atoms. The van der Waals surface area contributed by atoms with E-state index in [-0.39, 0.29) is 0 Å². The SMILES string of the molecule is NCc1cc(-c2ccc(Cl)s2)on1. The molecule has 0 bridgehead atoms. The molecule has 68 valence electrons. The first-order valence-corrected chi connectivity index (χ1v) is 4.90. The number of nitrogens with two attached hydrogens (primary N) is 1. The van der Waals surface area contributed by atoms with Gasteiger partial charge in [-0.1, -0.05) is 16.8 Å². The molecule has 0 fully saturated rings. The van der Waals surface area contributed by atoms with E-state index in [1.54, 1.807) is 0 Å². The molecule has 2 aromatic rings. The average Bonchev–Trinajstić information content (AvgIpc) is 2.71. The molecule has 3 nitrogen and oxygen atoms in total. The van der Waals surface area contributed by atoms with Crippen molar-refractivity contribution in [3.8, 4) is 10.6 Å². The van der Waals surface area contributed by atoms with Crippen LogP contribution in [-0.2, 0) is 6.54 Å². The lowest BCUT2D eigenvalue weighted by Gasteiger charge is -1.83. The highest BCUT2D eigenvalue weighted by atomic mass is 35.5. The zero-order chi connectivity index (χ0) is 9.26. The maximum atomic E-state index is 5.78. The Morgan fingerprint density at radius 3 is 2.92 bits per heavy atom. The van der Waals surface area contributed by atoms with Crippen LogP contribution in [-0.4, -0.2) is 5.16 Å². The molecule has 0 aromatic carbocycles. The van der Waals surface area contributed by atoms with Gasteiger partial charge in [0.2, 0.25) is 0 Å². The highest BCUT2D eigenvalue weighted by Gasteiger charge is 2.07. The molecule has 2 heterocycles. The monoisotopic (exact) mass is 214 g/mol. The van der Waals surface area contributed by atoms with E-state index in [9.17, 15) is 0 Å². The number of aromatic nitrogens is 1. The molecule has 0 unspecified atom stereocenters. The molecule has 0 saturated heterocycles. The van der Waals surface area contributed by atoms with E-state index in [0.717, 1.165) is 20.7 Å². The minimum Gasteiger partial charge on any atom is -0.355 e. The molecule has 0 amide bonds. The first-order chi connectivity index (χ1) is 6.29. The van der Waals surface area contributed by atoms with Gasteiger partial charge in [0.05, 0.1) is 14.9 Å². The maximum absolute atomic E-state index is 5.78. The van der Waals surface area contributed by atoms with Crippen LogP contribution in [0.3, 0.4) is 0 Å². The van der Waals surface area contributed by atoms with Crippen molar-refractivity contribution < 1.29 is 4.52 Å². The van der Waals surface area contributed by atoms with Gasteiger partial charge in [-0.25, -0.2) is 0 Å². The van der Waals surface area contributed by atoms with Crippen molar-refractivity contribution in [3.05, 3.63) is 28.2 Å². The van der Waals surface area contributed by atoms with E-state index in [4.69, 9.17) is 21.9 Å². The van der Waals surface area contributed by atoms with Gasteiger partial charge in [-0.05, 0) is 12.1 Å². The van der Waals surface area contributed by atoms with Crippen molar-refractivity contribution in [1.29, 1.82) is 0 Å². The zero-order valence-corrected chi connectivity index (χ0v) is 8.23. The lowest BCUT2D eigenvalue weighted by atomic mass is 10.3. The van der Waals surface area contributed by atoms with E-state index < -0.39 is 0 Å². The summed E-state index contributed by atoms with van der Waals surface area (Å²) in [5, 5.41) is 3.78. The lowest BCUT2D eigenvalue weighted by Crippen LogP contribution is -1.94. The second-order valence-electron chi connectivity index (χ2n) is 2.49. The van der Waals surface area contributed by atoms with Gasteiger partial charge >= 0.3 is 0 Å². The topological polar surface area (TPSA) is 52.0 Å². The predicted octanol–water partition coefficient (Wildman–Crippen LogP) is 2.52. The quantitative estimate of drug-likeness (QED) is 0.836. The summed E-state index contributed by atoms with van der Waals surface area (Å²) in [6.07, 6.45) is 0. The Morgan fingerprint density at radius 1 is 1.54 bits per heavy atom. The van der Waals surface area contributed by atoms with E-state index in [0.29, 0.717) is 6.54 Å². The largest absolute Gasteiger partial charge is 0.355 e. The fourth-order valence-corrected chi connectivity index (χ4v) is 1.96. The van der Waals surface area contributed by atoms with Crippen molar-refractivity contribution in [2.45, 2.75) is 6.54 Å². The summed E-state index contributed by atoms with van der Waals surface area (Å²) in [6, 6.07) is 5.54. The van der Waals surface area contributed by atoms with Crippen molar-refractivity contribution in [3.63, 3.8) is 0 Å². The number of hydrogen-bond acceptors (Lipinski definition) is 4. The molecular weight excluding hydrogens is 208 g/mol. The molecule has 0 atom stereocenters. The summed E-state index contributed by atoms with van der Waals surface area (Å²) in [5.74, 6) is 0.720. The number of rotatable bonds is 2. The van der Waals surface area contributed by atoms with Gasteiger partial charge in [0.1, 0.15) is 0 Å².